The molecular weight excluding hydrogens is 378 g/mol. The van der Waals surface area contributed by atoms with Crippen molar-refractivity contribution in [2.75, 3.05) is 0 Å². The molecule has 4 aliphatic rings. The number of ether oxygens (including phenoxy) is 2. The average Bonchev–Trinajstić information content (AvgIpc) is 3.23. The zero-order chi connectivity index (χ0) is 19.1. The van der Waals surface area contributed by atoms with E-state index >= 15 is 0 Å². The fourth-order valence-electron chi connectivity index (χ4n) is 5.49. The van der Waals surface area contributed by atoms with Crippen LogP contribution in [-0.4, -0.2) is 53.1 Å². The third-order valence-corrected chi connectivity index (χ3v) is 7.23. The standard InChI is InChI=1S/C15H18F2O8S/c16-15(17,26(21,22)23)13(19)25-11-7-5-6-8(12(18)24-10(6)11)9(7)14(20)3-1-2-4-14/h6-11,20H,1-5H2,(H,21,22,23)/p-1. The lowest BCUT2D eigenvalue weighted by molar-refractivity contribution is -0.180. The Morgan fingerprint density at radius 3 is 2.50 bits per heavy atom. The SMILES string of the molecule is O=C1OC2C3CC(C2OC(=O)C(F)(F)S(=O)(=O)[O-])C(C2(O)CCCC2)C13. The number of esters is 2. The Kier molecular flexibility index (Phi) is 3.72. The van der Waals surface area contributed by atoms with E-state index in [-0.39, 0.29) is 5.92 Å². The molecule has 3 saturated carbocycles. The third-order valence-electron chi connectivity index (χ3n) is 6.43. The second-order valence-electron chi connectivity index (χ2n) is 7.67. The van der Waals surface area contributed by atoms with E-state index in [0.717, 1.165) is 12.8 Å². The van der Waals surface area contributed by atoms with Gasteiger partial charge in [-0.15, -0.1) is 0 Å². The van der Waals surface area contributed by atoms with E-state index in [2.05, 4.69) is 0 Å². The molecule has 8 nitrogen and oxygen atoms in total. The third kappa shape index (κ3) is 2.26. The Morgan fingerprint density at radius 2 is 1.92 bits per heavy atom. The number of aliphatic hydroxyl groups is 1. The number of fused-ring (bicyclic) bond motifs is 1. The van der Waals surface area contributed by atoms with Crippen molar-refractivity contribution in [1.82, 2.24) is 0 Å². The molecular formula is C15H17F2O8S-. The van der Waals surface area contributed by atoms with Gasteiger partial charge < -0.3 is 19.1 Å². The zero-order valence-corrected chi connectivity index (χ0v) is 14.3. The van der Waals surface area contributed by atoms with Gasteiger partial charge in [0.25, 0.3) is 0 Å². The van der Waals surface area contributed by atoms with E-state index in [4.69, 9.17) is 9.47 Å². The average molecular weight is 395 g/mol. The van der Waals surface area contributed by atoms with Gasteiger partial charge in [-0.05, 0) is 19.3 Å². The second-order valence-corrected chi connectivity index (χ2v) is 9.09. The van der Waals surface area contributed by atoms with E-state index in [1.807, 2.05) is 0 Å². The lowest BCUT2D eigenvalue weighted by Gasteiger charge is -2.40. The molecule has 6 unspecified atom stereocenters. The summed E-state index contributed by atoms with van der Waals surface area (Å²) in [5.41, 5.74) is -1.17. The van der Waals surface area contributed by atoms with Crippen molar-refractivity contribution in [2.45, 2.75) is 55.2 Å². The van der Waals surface area contributed by atoms with Crippen molar-refractivity contribution in [2.24, 2.45) is 23.7 Å². The Bertz CT molecular complexity index is 760. The molecule has 1 saturated heterocycles. The molecule has 0 amide bonds. The van der Waals surface area contributed by atoms with Crippen LogP contribution in [0.3, 0.4) is 0 Å². The predicted molar refractivity (Wildman–Crippen MR) is 76.4 cm³/mol. The molecule has 26 heavy (non-hydrogen) atoms. The number of hydrogen-bond acceptors (Lipinski definition) is 8. The quantitative estimate of drug-likeness (QED) is 0.526. The maximum atomic E-state index is 13.5. The van der Waals surface area contributed by atoms with Gasteiger partial charge >= 0.3 is 17.2 Å². The summed E-state index contributed by atoms with van der Waals surface area (Å²) in [5, 5.41) is 5.72. The molecule has 0 aromatic rings. The zero-order valence-electron chi connectivity index (χ0n) is 13.5. The molecule has 146 valence electrons. The summed E-state index contributed by atoms with van der Waals surface area (Å²) < 4.78 is 68.7. The highest BCUT2D eigenvalue weighted by atomic mass is 32.2. The van der Waals surface area contributed by atoms with Gasteiger partial charge in [0.1, 0.15) is 12.2 Å². The van der Waals surface area contributed by atoms with E-state index in [9.17, 15) is 36.4 Å². The van der Waals surface area contributed by atoms with Crippen LogP contribution in [0.2, 0.25) is 0 Å². The minimum absolute atomic E-state index is 0.349. The summed E-state index contributed by atoms with van der Waals surface area (Å²) in [6, 6.07) is 0. The first-order valence-corrected chi connectivity index (χ1v) is 9.85. The van der Waals surface area contributed by atoms with Gasteiger partial charge in [-0.1, -0.05) is 12.8 Å². The second kappa shape index (κ2) is 5.35. The van der Waals surface area contributed by atoms with Gasteiger partial charge in [0.05, 0.1) is 11.5 Å². The molecule has 3 aliphatic carbocycles. The molecule has 6 atom stereocenters. The van der Waals surface area contributed by atoms with Crippen molar-refractivity contribution in [3.05, 3.63) is 0 Å². The van der Waals surface area contributed by atoms with Crippen LogP contribution in [0.15, 0.2) is 0 Å². The lowest BCUT2D eigenvalue weighted by Crippen LogP contribution is -2.51. The maximum absolute atomic E-state index is 13.5. The molecule has 11 heteroatoms. The van der Waals surface area contributed by atoms with Gasteiger partial charge in [-0.25, -0.2) is 13.2 Å². The first kappa shape index (κ1) is 18.1. The first-order chi connectivity index (χ1) is 12.0. The number of carbonyl (C=O) groups excluding carboxylic acids is 2. The van der Waals surface area contributed by atoms with Gasteiger partial charge in [0.2, 0.25) is 0 Å². The van der Waals surface area contributed by atoms with E-state index < -0.39 is 62.9 Å². The van der Waals surface area contributed by atoms with Crippen molar-refractivity contribution in [1.29, 1.82) is 0 Å². The largest absolute Gasteiger partial charge is 0.743 e. The van der Waals surface area contributed by atoms with Crippen LogP contribution in [-0.2, 0) is 29.2 Å². The van der Waals surface area contributed by atoms with Crippen LogP contribution in [0.4, 0.5) is 8.78 Å². The topological polar surface area (TPSA) is 130 Å². The normalized spacial score (nSPS) is 40.7. The molecule has 0 aromatic carbocycles. The smallest absolute Gasteiger partial charge is 0.428 e. The molecule has 0 aromatic heterocycles. The van der Waals surface area contributed by atoms with Gasteiger partial charge in [-0.3, -0.25) is 4.79 Å². The molecule has 1 aliphatic heterocycles. The minimum Gasteiger partial charge on any atom is -0.743 e. The number of hydrogen-bond donors (Lipinski definition) is 1. The molecule has 0 spiro atoms. The van der Waals surface area contributed by atoms with Crippen LogP contribution in [0.25, 0.3) is 0 Å². The highest BCUT2D eigenvalue weighted by molar-refractivity contribution is 7.87. The summed E-state index contributed by atoms with van der Waals surface area (Å²) in [6.45, 7) is 0. The monoisotopic (exact) mass is 395 g/mol. The number of carbonyl (C=O) groups is 2. The molecule has 4 fully saturated rings. The Balaban J connectivity index is 1.63. The highest BCUT2D eigenvalue weighted by Crippen LogP contribution is 2.63. The molecule has 1 N–H and O–H groups in total. The highest BCUT2D eigenvalue weighted by Gasteiger charge is 2.72. The lowest BCUT2D eigenvalue weighted by atomic mass is 9.68. The number of alkyl halides is 2. The Morgan fingerprint density at radius 1 is 1.31 bits per heavy atom. The van der Waals surface area contributed by atoms with Crippen molar-refractivity contribution in [3.8, 4) is 0 Å². The maximum Gasteiger partial charge on any atom is 0.428 e. The van der Waals surface area contributed by atoms with Gasteiger partial charge in [-0.2, -0.15) is 8.78 Å². The van der Waals surface area contributed by atoms with E-state index in [1.165, 1.54) is 0 Å². The van der Waals surface area contributed by atoms with Crippen LogP contribution in [0.5, 0.6) is 0 Å². The van der Waals surface area contributed by atoms with E-state index in [1.54, 1.807) is 0 Å². The molecule has 0 radical (unpaired) electrons. The fourth-order valence-corrected chi connectivity index (χ4v) is 5.75. The van der Waals surface area contributed by atoms with Crippen LogP contribution in [0.1, 0.15) is 32.1 Å². The van der Waals surface area contributed by atoms with Crippen molar-refractivity contribution < 1.29 is 45.9 Å². The molecule has 2 bridgehead atoms. The summed E-state index contributed by atoms with van der Waals surface area (Å²) in [5.74, 6) is -5.18. The summed E-state index contributed by atoms with van der Waals surface area (Å²) >= 11 is 0. The summed E-state index contributed by atoms with van der Waals surface area (Å²) in [6.07, 6.45) is 0.508. The van der Waals surface area contributed by atoms with Crippen molar-refractivity contribution >= 4 is 22.1 Å². The van der Waals surface area contributed by atoms with E-state index in [0.29, 0.717) is 19.3 Å². The first-order valence-electron chi connectivity index (χ1n) is 8.44. The Labute approximate surface area is 147 Å². The predicted octanol–water partition coefficient (Wildman–Crippen LogP) is 0.149. The minimum atomic E-state index is -6.24. The fraction of sp³-hybridized carbons (Fsp3) is 0.867. The van der Waals surface area contributed by atoms with Crippen molar-refractivity contribution in [3.63, 3.8) is 0 Å². The Hall–Kier alpha value is -1.33. The summed E-state index contributed by atoms with van der Waals surface area (Å²) in [4.78, 5) is 23.9. The van der Waals surface area contributed by atoms with Crippen LogP contribution in [0, 0.1) is 23.7 Å². The number of rotatable bonds is 4. The van der Waals surface area contributed by atoms with Gasteiger partial charge in [0.15, 0.2) is 10.1 Å². The molecule has 4 rings (SSSR count). The number of halogens is 2. The van der Waals surface area contributed by atoms with Gasteiger partial charge in [0, 0.05) is 17.8 Å². The van der Waals surface area contributed by atoms with Crippen LogP contribution >= 0.6 is 0 Å². The molecule has 1 heterocycles. The van der Waals surface area contributed by atoms with Crippen LogP contribution < -0.4 is 0 Å². The summed E-state index contributed by atoms with van der Waals surface area (Å²) in [7, 11) is -6.24.